The summed E-state index contributed by atoms with van der Waals surface area (Å²) in [5.41, 5.74) is 0. The minimum absolute atomic E-state index is 0.0483. The van der Waals surface area contributed by atoms with Crippen LogP contribution in [0.3, 0.4) is 0 Å². The second-order valence-electron chi connectivity index (χ2n) is 6.30. The largest absolute Gasteiger partial charge is 0.466 e. The highest BCUT2D eigenvalue weighted by molar-refractivity contribution is 5.69. The summed E-state index contributed by atoms with van der Waals surface area (Å²) in [6.45, 7) is 13.5. The van der Waals surface area contributed by atoms with Crippen molar-refractivity contribution in [3.8, 4) is 0 Å². The van der Waals surface area contributed by atoms with Crippen LogP contribution in [0.1, 0.15) is 47.0 Å². The molecule has 1 fully saturated rings. The van der Waals surface area contributed by atoms with Crippen LogP contribution in [0, 0.1) is 11.8 Å². The Morgan fingerprint density at radius 2 is 2.10 bits per heavy atom. The summed E-state index contributed by atoms with van der Waals surface area (Å²) >= 11 is 0. The standard InChI is InChI=1S/C16H32N2O2/c1-5-18-11-14(7-8-16(19)20-6-2)9-15(12-18)17-10-13(3)4/h13-15,17H,5-12H2,1-4H3. The molecule has 1 rings (SSSR count). The lowest BCUT2D eigenvalue weighted by Gasteiger charge is -2.38. The molecule has 1 N–H and O–H groups in total. The van der Waals surface area contributed by atoms with Crippen molar-refractivity contribution in [2.24, 2.45) is 11.8 Å². The molecule has 0 bridgehead atoms. The lowest BCUT2D eigenvalue weighted by molar-refractivity contribution is -0.143. The van der Waals surface area contributed by atoms with Crippen molar-refractivity contribution in [2.45, 2.75) is 53.0 Å². The maximum absolute atomic E-state index is 11.5. The number of hydrogen-bond acceptors (Lipinski definition) is 4. The monoisotopic (exact) mass is 284 g/mol. The third kappa shape index (κ3) is 6.71. The number of rotatable bonds is 8. The van der Waals surface area contributed by atoms with Crippen LogP contribution in [0.5, 0.6) is 0 Å². The van der Waals surface area contributed by atoms with Crippen LogP contribution in [-0.4, -0.2) is 49.7 Å². The lowest BCUT2D eigenvalue weighted by atomic mass is 9.90. The number of carbonyl (C=O) groups is 1. The molecule has 20 heavy (non-hydrogen) atoms. The summed E-state index contributed by atoms with van der Waals surface area (Å²) in [6, 6.07) is 0.568. The summed E-state index contributed by atoms with van der Waals surface area (Å²) in [7, 11) is 0. The van der Waals surface area contributed by atoms with Crippen molar-refractivity contribution in [3.05, 3.63) is 0 Å². The zero-order valence-electron chi connectivity index (χ0n) is 13.7. The highest BCUT2D eigenvalue weighted by atomic mass is 16.5. The molecular formula is C16H32N2O2. The molecule has 1 aliphatic rings. The number of likely N-dealkylation sites (N-methyl/N-ethyl adjacent to an activating group) is 1. The summed E-state index contributed by atoms with van der Waals surface area (Å²) in [5, 5.41) is 3.67. The van der Waals surface area contributed by atoms with Crippen LogP contribution in [0.2, 0.25) is 0 Å². The van der Waals surface area contributed by atoms with Gasteiger partial charge in [0.1, 0.15) is 0 Å². The third-order valence-electron chi connectivity index (χ3n) is 3.94. The molecule has 0 amide bonds. The molecule has 0 aromatic heterocycles. The molecule has 0 saturated carbocycles. The fraction of sp³-hybridized carbons (Fsp3) is 0.938. The van der Waals surface area contributed by atoms with Crippen LogP contribution in [-0.2, 0) is 9.53 Å². The van der Waals surface area contributed by atoms with Gasteiger partial charge in [-0.3, -0.25) is 4.79 Å². The average Bonchev–Trinajstić information content (AvgIpc) is 2.43. The van der Waals surface area contributed by atoms with Crippen molar-refractivity contribution >= 4 is 5.97 Å². The molecule has 1 heterocycles. The normalized spacial score (nSPS) is 24.1. The zero-order valence-corrected chi connectivity index (χ0v) is 13.7. The van der Waals surface area contributed by atoms with E-state index >= 15 is 0 Å². The SMILES string of the molecule is CCOC(=O)CCC1CC(NCC(C)C)CN(CC)C1. The highest BCUT2D eigenvalue weighted by Gasteiger charge is 2.26. The maximum atomic E-state index is 11.5. The van der Waals surface area contributed by atoms with E-state index in [1.54, 1.807) is 0 Å². The number of esters is 1. The summed E-state index contributed by atoms with van der Waals surface area (Å²) in [4.78, 5) is 14.0. The molecule has 0 aromatic rings. The van der Waals surface area contributed by atoms with Crippen molar-refractivity contribution in [3.63, 3.8) is 0 Å². The number of carbonyl (C=O) groups excluding carboxylic acids is 1. The van der Waals surface area contributed by atoms with E-state index in [9.17, 15) is 4.79 Å². The second-order valence-corrected chi connectivity index (χ2v) is 6.30. The van der Waals surface area contributed by atoms with E-state index in [4.69, 9.17) is 4.74 Å². The Kier molecular flexibility index (Phi) is 8.15. The fourth-order valence-corrected chi connectivity index (χ4v) is 2.88. The van der Waals surface area contributed by atoms with Crippen molar-refractivity contribution < 1.29 is 9.53 Å². The third-order valence-corrected chi connectivity index (χ3v) is 3.94. The first kappa shape index (κ1) is 17.4. The van der Waals surface area contributed by atoms with Gasteiger partial charge in [-0.15, -0.1) is 0 Å². The molecule has 4 nitrogen and oxygen atoms in total. The maximum Gasteiger partial charge on any atom is 0.305 e. The Bertz CT molecular complexity index is 282. The van der Waals surface area contributed by atoms with Gasteiger partial charge in [-0.25, -0.2) is 0 Å². The molecule has 118 valence electrons. The van der Waals surface area contributed by atoms with E-state index in [0.29, 0.717) is 30.9 Å². The van der Waals surface area contributed by atoms with Gasteiger partial charge >= 0.3 is 5.97 Å². The van der Waals surface area contributed by atoms with Gasteiger partial charge in [-0.2, -0.15) is 0 Å². The Labute approximate surface area is 124 Å². The molecule has 2 atom stereocenters. The first-order valence-electron chi connectivity index (χ1n) is 8.16. The second kappa shape index (κ2) is 9.35. The number of likely N-dealkylation sites (tertiary alicyclic amines) is 1. The Balaban J connectivity index is 2.38. The van der Waals surface area contributed by atoms with Gasteiger partial charge in [0.25, 0.3) is 0 Å². The summed E-state index contributed by atoms with van der Waals surface area (Å²) < 4.78 is 5.02. The van der Waals surface area contributed by atoms with Crippen LogP contribution < -0.4 is 5.32 Å². The summed E-state index contributed by atoms with van der Waals surface area (Å²) in [5.74, 6) is 1.25. The molecule has 4 heteroatoms. The number of hydrogen-bond donors (Lipinski definition) is 1. The number of ether oxygens (including phenoxy) is 1. The van der Waals surface area contributed by atoms with Gasteiger partial charge < -0.3 is 15.0 Å². The number of piperidine rings is 1. The van der Waals surface area contributed by atoms with E-state index in [-0.39, 0.29) is 5.97 Å². The van der Waals surface area contributed by atoms with E-state index < -0.39 is 0 Å². The predicted molar refractivity (Wildman–Crippen MR) is 82.7 cm³/mol. The lowest BCUT2D eigenvalue weighted by Crippen LogP contribution is -2.49. The number of nitrogens with one attached hydrogen (secondary N) is 1. The van der Waals surface area contributed by atoms with Gasteiger partial charge in [0, 0.05) is 25.6 Å². The fourth-order valence-electron chi connectivity index (χ4n) is 2.88. The first-order chi connectivity index (χ1) is 9.55. The van der Waals surface area contributed by atoms with E-state index in [1.807, 2.05) is 6.92 Å². The Morgan fingerprint density at radius 3 is 2.70 bits per heavy atom. The summed E-state index contributed by atoms with van der Waals surface area (Å²) in [6.07, 6.45) is 2.70. The molecule has 0 radical (unpaired) electrons. The zero-order chi connectivity index (χ0) is 15.0. The minimum atomic E-state index is -0.0483. The molecule has 0 spiro atoms. The van der Waals surface area contributed by atoms with Crippen molar-refractivity contribution in [2.75, 3.05) is 32.8 Å². The Hall–Kier alpha value is -0.610. The molecule has 0 aliphatic carbocycles. The quantitative estimate of drug-likeness (QED) is 0.694. The van der Waals surface area contributed by atoms with Crippen LogP contribution >= 0.6 is 0 Å². The molecular weight excluding hydrogens is 252 g/mol. The van der Waals surface area contributed by atoms with Gasteiger partial charge in [0.15, 0.2) is 0 Å². The average molecular weight is 284 g/mol. The topological polar surface area (TPSA) is 41.6 Å². The molecule has 0 aromatic carbocycles. The van der Waals surface area contributed by atoms with Gasteiger partial charge in [-0.1, -0.05) is 20.8 Å². The van der Waals surface area contributed by atoms with E-state index in [2.05, 4.69) is 31.0 Å². The van der Waals surface area contributed by atoms with Crippen LogP contribution in [0.4, 0.5) is 0 Å². The predicted octanol–water partition coefficient (Wildman–Crippen LogP) is 2.29. The van der Waals surface area contributed by atoms with Crippen molar-refractivity contribution in [1.29, 1.82) is 0 Å². The minimum Gasteiger partial charge on any atom is -0.466 e. The van der Waals surface area contributed by atoms with Crippen LogP contribution in [0.25, 0.3) is 0 Å². The van der Waals surface area contributed by atoms with Crippen LogP contribution in [0.15, 0.2) is 0 Å². The Morgan fingerprint density at radius 1 is 1.35 bits per heavy atom. The molecule has 1 saturated heterocycles. The van der Waals surface area contributed by atoms with Gasteiger partial charge in [-0.05, 0) is 44.7 Å². The van der Waals surface area contributed by atoms with Crippen molar-refractivity contribution in [1.82, 2.24) is 10.2 Å². The number of nitrogens with zero attached hydrogens (tertiary/aromatic N) is 1. The van der Waals surface area contributed by atoms with E-state index in [1.165, 1.54) is 6.42 Å². The first-order valence-corrected chi connectivity index (χ1v) is 8.16. The molecule has 1 aliphatic heterocycles. The smallest absolute Gasteiger partial charge is 0.305 e. The molecule has 2 unspecified atom stereocenters. The van der Waals surface area contributed by atoms with Gasteiger partial charge in [0.2, 0.25) is 0 Å². The highest BCUT2D eigenvalue weighted by Crippen LogP contribution is 2.21. The van der Waals surface area contributed by atoms with Gasteiger partial charge in [0.05, 0.1) is 6.61 Å². The van der Waals surface area contributed by atoms with E-state index in [0.717, 1.165) is 32.6 Å².